The second-order valence-electron chi connectivity index (χ2n) is 7.38. The second-order valence-corrected chi connectivity index (χ2v) is 8.38. The average Bonchev–Trinajstić information content (AvgIpc) is 2.59. The van der Waals surface area contributed by atoms with Crippen molar-refractivity contribution in [2.45, 2.75) is 46.1 Å². The summed E-state index contributed by atoms with van der Waals surface area (Å²) in [6.45, 7) is 7.52. The lowest BCUT2D eigenvalue weighted by Gasteiger charge is -2.19. The Kier molecular flexibility index (Phi) is 5.37. The molecule has 3 aromatic rings. The van der Waals surface area contributed by atoms with Gasteiger partial charge in [-0.15, -0.1) is 11.3 Å². The van der Waals surface area contributed by atoms with Crippen molar-refractivity contribution in [2.24, 2.45) is 0 Å². The molecule has 0 saturated heterocycles. The normalized spacial score (nSPS) is 11.6. The number of fused-ring (bicyclic) bond motifs is 1. The second kappa shape index (κ2) is 7.56. The molecule has 3 rings (SSSR count). The van der Waals surface area contributed by atoms with E-state index in [2.05, 4.69) is 9.97 Å². The number of nitrogens with zero attached hydrogens (tertiary/aromatic N) is 2. The first-order valence-corrected chi connectivity index (χ1v) is 9.63. The zero-order valence-corrected chi connectivity index (χ0v) is 16.7. The minimum Gasteiger partial charge on any atom is -0.460 e. The molecule has 1 aromatic carbocycles. The van der Waals surface area contributed by atoms with E-state index in [1.54, 1.807) is 6.07 Å². The van der Waals surface area contributed by atoms with Crippen LogP contribution >= 0.6 is 11.3 Å². The number of carbonyl (C=O) groups excluding carboxylic acids is 1. The molecule has 5 nitrogen and oxygen atoms in total. The Morgan fingerprint density at radius 2 is 1.85 bits per heavy atom. The summed E-state index contributed by atoms with van der Waals surface area (Å²) in [6.07, 6.45) is 0.735. The lowest BCUT2D eigenvalue weighted by molar-refractivity contribution is -0.154. The summed E-state index contributed by atoms with van der Waals surface area (Å²) >= 11 is 1.46. The summed E-state index contributed by atoms with van der Waals surface area (Å²) in [5, 5.41) is 1.21. The molecule has 0 spiro atoms. The third-order valence-electron chi connectivity index (χ3n) is 3.88. The largest absolute Gasteiger partial charge is 0.460 e. The number of ether oxygens (including phenoxy) is 1. The number of esters is 1. The molecular weight excluding hydrogens is 360 g/mol. The van der Waals surface area contributed by atoms with E-state index in [1.807, 2.05) is 58.0 Å². The quantitative estimate of drug-likeness (QED) is 0.629. The zero-order chi connectivity index (χ0) is 19.6. The highest BCUT2D eigenvalue weighted by Gasteiger charge is 2.16. The van der Waals surface area contributed by atoms with Crippen LogP contribution in [0.5, 0.6) is 0 Å². The third kappa shape index (κ3) is 4.77. The van der Waals surface area contributed by atoms with Crippen LogP contribution in [0.1, 0.15) is 38.4 Å². The molecular formula is C21H22N2O3S. The maximum atomic E-state index is 12.4. The number of aryl methyl sites for hydroxylation is 2. The highest BCUT2D eigenvalue weighted by Crippen LogP contribution is 2.27. The van der Waals surface area contributed by atoms with E-state index in [1.165, 1.54) is 11.3 Å². The Bertz CT molecular complexity index is 1050. The van der Waals surface area contributed by atoms with Crippen molar-refractivity contribution < 1.29 is 9.53 Å². The van der Waals surface area contributed by atoms with Crippen LogP contribution in [0.4, 0.5) is 0 Å². The summed E-state index contributed by atoms with van der Waals surface area (Å²) in [7, 11) is 0. The van der Waals surface area contributed by atoms with Crippen LogP contribution in [-0.4, -0.2) is 21.5 Å². The molecule has 0 bridgehead atoms. The van der Waals surface area contributed by atoms with Crippen LogP contribution in [0.3, 0.4) is 0 Å². The monoisotopic (exact) mass is 382 g/mol. The number of aromatic nitrogens is 2. The first-order valence-electron chi connectivity index (χ1n) is 8.81. The number of hydrogen-bond donors (Lipinski definition) is 0. The van der Waals surface area contributed by atoms with Gasteiger partial charge in [0.05, 0.1) is 17.5 Å². The molecule has 0 aliphatic heterocycles. The van der Waals surface area contributed by atoms with Crippen molar-refractivity contribution in [3.63, 3.8) is 0 Å². The predicted molar refractivity (Wildman–Crippen MR) is 108 cm³/mol. The van der Waals surface area contributed by atoms with Gasteiger partial charge in [-0.05, 0) is 51.5 Å². The number of rotatable bonds is 4. The van der Waals surface area contributed by atoms with Gasteiger partial charge in [-0.25, -0.2) is 0 Å². The molecule has 0 aliphatic carbocycles. The van der Waals surface area contributed by atoms with Crippen molar-refractivity contribution in [3.05, 3.63) is 58.0 Å². The third-order valence-corrected chi connectivity index (χ3v) is 5.12. The number of benzene rings is 1. The van der Waals surface area contributed by atoms with E-state index >= 15 is 0 Å². The summed E-state index contributed by atoms with van der Waals surface area (Å²) in [5.41, 5.74) is 1.71. The molecule has 0 atom stereocenters. The molecule has 0 N–H and O–H groups in total. The van der Waals surface area contributed by atoms with Crippen LogP contribution in [0.15, 0.2) is 41.2 Å². The Balaban J connectivity index is 1.86. The van der Waals surface area contributed by atoms with Crippen molar-refractivity contribution in [2.75, 3.05) is 0 Å². The summed E-state index contributed by atoms with van der Waals surface area (Å²) < 4.78 is 6.26. The topological polar surface area (TPSA) is 69.2 Å². The van der Waals surface area contributed by atoms with Gasteiger partial charge in [0.1, 0.15) is 10.6 Å². The van der Waals surface area contributed by atoms with Gasteiger partial charge in [-0.3, -0.25) is 14.6 Å². The molecule has 0 aliphatic rings. The van der Waals surface area contributed by atoms with E-state index in [4.69, 9.17) is 4.74 Å². The van der Waals surface area contributed by atoms with Crippen LogP contribution < -0.4 is 5.56 Å². The zero-order valence-electron chi connectivity index (χ0n) is 15.9. The van der Waals surface area contributed by atoms with Crippen molar-refractivity contribution in [1.82, 2.24) is 9.97 Å². The number of hydrogen-bond acceptors (Lipinski definition) is 6. The van der Waals surface area contributed by atoms with E-state index in [-0.39, 0.29) is 17.9 Å². The summed E-state index contributed by atoms with van der Waals surface area (Å²) in [5.74, 6) is -0.251. The van der Waals surface area contributed by atoms with Crippen molar-refractivity contribution >= 4 is 27.4 Å². The average molecular weight is 382 g/mol. The van der Waals surface area contributed by atoms with Gasteiger partial charge in [0, 0.05) is 16.8 Å². The van der Waals surface area contributed by atoms with E-state index < -0.39 is 5.60 Å². The summed E-state index contributed by atoms with van der Waals surface area (Å²) in [6, 6.07) is 11.2. The van der Waals surface area contributed by atoms with E-state index in [0.29, 0.717) is 22.5 Å². The maximum Gasteiger partial charge on any atom is 0.306 e. The van der Waals surface area contributed by atoms with Gasteiger partial charge in [-0.2, -0.15) is 4.98 Å². The van der Waals surface area contributed by atoms with Gasteiger partial charge in [-0.1, -0.05) is 18.2 Å². The lowest BCUT2D eigenvalue weighted by atomic mass is 10.1. The van der Waals surface area contributed by atoms with E-state index in [0.717, 1.165) is 16.0 Å². The van der Waals surface area contributed by atoms with Gasteiger partial charge in [0.2, 0.25) is 0 Å². The first kappa shape index (κ1) is 19.2. The minimum atomic E-state index is -0.495. The van der Waals surface area contributed by atoms with Crippen molar-refractivity contribution in [1.29, 1.82) is 0 Å². The van der Waals surface area contributed by atoms with E-state index in [9.17, 15) is 9.59 Å². The fraction of sp³-hybridized carbons (Fsp3) is 0.333. The maximum absolute atomic E-state index is 12.4. The summed E-state index contributed by atoms with van der Waals surface area (Å²) in [4.78, 5) is 33.1. The molecule has 0 saturated carbocycles. The SMILES string of the molecule is Cc1cccc2c(=O)nc(-c3cccc(CCC(=O)OC(C)(C)C)n3)sc12. The van der Waals surface area contributed by atoms with Crippen LogP contribution in [0, 0.1) is 6.92 Å². The van der Waals surface area contributed by atoms with Gasteiger partial charge in [0.25, 0.3) is 5.56 Å². The molecule has 0 unspecified atom stereocenters. The number of carbonyl (C=O) groups is 1. The molecule has 0 fully saturated rings. The van der Waals surface area contributed by atoms with Crippen LogP contribution in [-0.2, 0) is 16.0 Å². The van der Waals surface area contributed by atoms with Gasteiger partial charge in [0.15, 0.2) is 0 Å². The highest BCUT2D eigenvalue weighted by molar-refractivity contribution is 7.21. The predicted octanol–water partition coefficient (Wildman–Crippen LogP) is 4.30. The smallest absolute Gasteiger partial charge is 0.306 e. The van der Waals surface area contributed by atoms with Crippen molar-refractivity contribution in [3.8, 4) is 10.7 Å². The molecule has 27 heavy (non-hydrogen) atoms. The Hall–Kier alpha value is -2.60. The molecule has 2 aromatic heterocycles. The molecule has 0 radical (unpaired) electrons. The standard InChI is InChI=1S/C21H22N2O3S/c1-13-7-5-9-15-18(13)27-20(23-19(15)25)16-10-6-8-14(22-16)11-12-17(24)26-21(2,3)4/h5-10H,11-12H2,1-4H3. The molecule has 140 valence electrons. The Morgan fingerprint density at radius 1 is 1.11 bits per heavy atom. The minimum absolute atomic E-state index is 0.247. The van der Waals surface area contributed by atoms with Crippen LogP contribution in [0.2, 0.25) is 0 Å². The number of pyridine rings is 1. The molecule has 0 amide bonds. The molecule has 2 heterocycles. The highest BCUT2D eigenvalue weighted by atomic mass is 32.1. The van der Waals surface area contributed by atoms with Crippen LogP contribution in [0.25, 0.3) is 20.8 Å². The lowest BCUT2D eigenvalue weighted by Crippen LogP contribution is -2.24. The Morgan fingerprint density at radius 3 is 2.59 bits per heavy atom. The fourth-order valence-corrected chi connectivity index (χ4v) is 3.73. The fourth-order valence-electron chi connectivity index (χ4n) is 2.70. The molecule has 6 heteroatoms. The van der Waals surface area contributed by atoms with Gasteiger partial charge < -0.3 is 4.74 Å². The Labute approximate surface area is 162 Å². The first-order chi connectivity index (χ1) is 12.7. The van der Waals surface area contributed by atoms with Gasteiger partial charge >= 0.3 is 5.97 Å².